The Labute approximate surface area is 128 Å². The molecule has 0 fully saturated rings. The van der Waals surface area contributed by atoms with Gasteiger partial charge in [0.1, 0.15) is 11.8 Å². The van der Waals surface area contributed by atoms with Crippen LogP contribution in [0.5, 0.6) is 0 Å². The van der Waals surface area contributed by atoms with E-state index >= 15 is 0 Å². The Morgan fingerprint density at radius 3 is 2.76 bits per heavy atom. The lowest BCUT2D eigenvalue weighted by Crippen LogP contribution is -2.07. The predicted octanol–water partition coefficient (Wildman–Crippen LogP) is 1.59. The highest BCUT2D eigenvalue weighted by atomic mass is 35.5. The second-order valence-electron chi connectivity index (χ2n) is 4.45. The summed E-state index contributed by atoms with van der Waals surface area (Å²) in [6.07, 6.45) is 2.46. The average molecular weight is 315 g/mol. The predicted molar refractivity (Wildman–Crippen MR) is 78.3 cm³/mol. The van der Waals surface area contributed by atoms with Gasteiger partial charge in [-0.25, -0.2) is 9.97 Å². The third-order valence-electron chi connectivity index (χ3n) is 2.83. The Morgan fingerprint density at radius 1 is 1.14 bits per heavy atom. The molecule has 2 rings (SSSR count). The summed E-state index contributed by atoms with van der Waals surface area (Å²) in [4.78, 5) is 8.59. The number of hydrogen-bond donors (Lipinski definition) is 0. The monoisotopic (exact) mass is 314 g/mol. The Balaban J connectivity index is 1.75. The Hall–Kier alpha value is -1.28. The third kappa shape index (κ3) is 4.60. The third-order valence-corrected chi connectivity index (χ3v) is 3.12. The topological polar surface area (TPSA) is 71.3 Å². The van der Waals surface area contributed by atoms with Crippen LogP contribution in [0.4, 0.5) is 0 Å². The van der Waals surface area contributed by atoms with E-state index in [1.54, 1.807) is 18.0 Å². The van der Waals surface area contributed by atoms with Crippen molar-refractivity contribution in [3.8, 4) is 0 Å². The molecule has 21 heavy (non-hydrogen) atoms. The van der Waals surface area contributed by atoms with E-state index in [-0.39, 0.29) is 0 Å². The lowest BCUT2D eigenvalue weighted by atomic mass is 10.4. The summed E-state index contributed by atoms with van der Waals surface area (Å²) in [5, 5.41) is 5.25. The zero-order valence-electron chi connectivity index (χ0n) is 12.2. The lowest BCUT2D eigenvalue weighted by molar-refractivity contribution is 0.0472. The minimum Gasteiger partial charge on any atom is -0.382 e. The van der Waals surface area contributed by atoms with Crippen molar-refractivity contribution in [2.45, 2.75) is 13.0 Å². The number of ether oxygens (including phenoxy) is 3. The number of rotatable bonds is 9. The van der Waals surface area contributed by atoms with Crippen LogP contribution in [0.2, 0.25) is 5.15 Å². The minimum atomic E-state index is 0.318. The number of aromatic nitrogens is 4. The molecule has 0 saturated heterocycles. The molecule has 0 bridgehead atoms. The fourth-order valence-electron chi connectivity index (χ4n) is 1.77. The molecule has 0 aromatic carbocycles. The van der Waals surface area contributed by atoms with Gasteiger partial charge in [0.15, 0.2) is 11.5 Å². The van der Waals surface area contributed by atoms with Crippen LogP contribution in [0, 0.1) is 0 Å². The van der Waals surface area contributed by atoms with Crippen LogP contribution in [-0.4, -0.2) is 53.3 Å². The van der Waals surface area contributed by atoms with E-state index in [9.17, 15) is 0 Å². The van der Waals surface area contributed by atoms with Gasteiger partial charge < -0.3 is 14.2 Å². The summed E-state index contributed by atoms with van der Waals surface area (Å²) in [5.41, 5.74) is 0.705. The first-order valence-electron chi connectivity index (χ1n) is 6.71. The molecule has 0 aliphatic rings. The number of halogens is 1. The highest BCUT2D eigenvalue weighted by molar-refractivity contribution is 6.33. The van der Waals surface area contributed by atoms with Crippen molar-refractivity contribution in [3.05, 3.63) is 17.2 Å². The number of aryl methyl sites for hydroxylation is 1. The molecule has 116 valence electrons. The Bertz CT molecular complexity index is 576. The average Bonchev–Trinajstić information content (AvgIpc) is 2.84. The summed E-state index contributed by atoms with van der Waals surface area (Å²) in [6, 6.07) is 0. The van der Waals surface area contributed by atoms with Gasteiger partial charge in [0, 0.05) is 27.4 Å². The van der Waals surface area contributed by atoms with E-state index in [0.29, 0.717) is 49.7 Å². The highest BCUT2D eigenvalue weighted by Crippen LogP contribution is 2.19. The molecule has 0 aliphatic carbocycles. The second kappa shape index (κ2) is 8.23. The molecule has 0 amide bonds. The molecule has 0 unspecified atom stereocenters. The molecule has 7 nitrogen and oxygen atoms in total. The van der Waals surface area contributed by atoms with Crippen molar-refractivity contribution < 1.29 is 14.2 Å². The van der Waals surface area contributed by atoms with Gasteiger partial charge in [-0.2, -0.15) is 5.10 Å². The Kier molecular flexibility index (Phi) is 6.31. The maximum absolute atomic E-state index is 6.09. The SMILES string of the molecule is COCCOCCCOCc1nc(Cl)c2cnn(C)c2n1. The van der Waals surface area contributed by atoms with Crippen molar-refractivity contribution >= 4 is 22.6 Å². The van der Waals surface area contributed by atoms with Gasteiger partial charge in [-0.15, -0.1) is 0 Å². The van der Waals surface area contributed by atoms with E-state index in [4.69, 9.17) is 25.8 Å². The maximum atomic E-state index is 6.09. The van der Waals surface area contributed by atoms with Gasteiger partial charge in [0.05, 0.1) is 24.8 Å². The van der Waals surface area contributed by atoms with Crippen molar-refractivity contribution in [1.29, 1.82) is 0 Å². The molecular weight excluding hydrogens is 296 g/mol. The molecule has 0 spiro atoms. The summed E-state index contributed by atoms with van der Waals surface area (Å²) in [5.74, 6) is 0.552. The van der Waals surface area contributed by atoms with Gasteiger partial charge in [-0.3, -0.25) is 4.68 Å². The first-order valence-corrected chi connectivity index (χ1v) is 7.08. The van der Waals surface area contributed by atoms with E-state index in [1.807, 2.05) is 7.05 Å². The van der Waals surface area contributed by atoms with Crippen molar-refractivity contribution in [2.24, 2.45) is 7.05 Å². The zero-order valence-corrected chi connectivity index (χ0v) is 13.0. The molecule has 0 radical (unpaired) electrons. The largest absolute Gasteiger partial charge is 0.382 e. The molecular formula is C13H19ClN4O3. The van der Waals surface area contributed by atoms with Crippen molar-refractivity contribution in [2.75, 3.05) is 33.5 Å². The molecule has 0 atom stereocenters. The van der Waals surface area contributed by atoms with E-state index in [2.05, 4.69) is 15.1 Å². The quantitative estimate of drug-likeness (QED) is 0.517. The van der Waals surface area contributed by atoms with Crippen LogP contribution in [0.15, 0.2) is 6.20 Å². The summed E-state index contributed by atoms with van der Waals surface area (Å²) in [6.45, 7) is 2.76. The summed E-state index contributed by atoms with van der Waals surface area (Å²) >= 11 is 6.09. The highest BCUT2D eigenvalue weighted by Gasteiger charge is 2.09. The Morgan fingerprint density at radius 2 is 1.95 bits per heavy atom. The van der Waals surface area contributed by atoms with Crippen LogP contribution in [0.3, 0.4) is 0 Å². The van der Waals surface area contributed by atoms with Gasteiger partial charge in [0.2, 0.25) is 0 Å². The number of methoxy groups -OCH3 is 1. The minimum absolute atomic E-state index is 0.318. The molecule has 2 aromatic heterocycles. The lowest BCUT2D eigenvalue weighted by Gasteiger charge is -2.05. The standard InChI is InChI=1S/C13H19ClN4O3/c1-18-13-10(8-15-18)12(14)16-11(17-13)9-21-5-3-4-20-7-6-19-2/h8H,3-7,9H2,1-2H3. The molecule has 8 heteroatoms. The van der Waals surface area contributed by atoms with E-state index in [0.717, 1.165) is 11.8 Å². The summed E-state index contributed by atoms with van der Waals surface area (Å²) < 4.78 is 17.4. The van der Waals surface area contributed by atoms with Crippen LogP contribution < -0.4 is 0 Å². The second-order valence-corrected chi connectivity index (χ2v) is 4.81. The molecule has 0 N–H and O–H groups in total. The van der Waals surface area contributed by atoms with Crippen LogP contribution in [-0.2, 0) is 27.9 Å². The van der Waals surface area contributed by atoms with Gasteiger partial charge >= 0.3 is 0 Å². The van der Waals surface area contributed by atoms with Crippen LogP contribution >= 0.6 is 11.6 Å². The zero-order chi connectivity index (χ0) is 15.1. The number of nitrogens with zero attached hydrogens (tertiary/aromatic N) is 4. The first kappa shape index (κ1) is 16.1. The summed E-state index contributed by atoms with van der Waals surface area (Å²) in [7, 11) is 3.46. The van der Waals surface area contributed by atoms with Crippen molar-refractivity contribution in [1.82, 2.24) is 19.7 Å². The molecule has 0 saturated carbocycles. The van der Waals surface area contributed by atoms with Gasteiger partial charge in [0.25, 0.3) is 0 Å². The smallest absolute Gasteiger partial charge is 0.162 e. The number of fused-ring (bicyclic) bond motifs is 1. The van der Waals surface area contributed by atoms with E-state index < -0.39 is 0 Å². The normalized spacial score (nSPS) is 11.4. The molecule has 2 aromatic rings. The maximum Gasteiger partial charge on any atom is 0.162 e. The van der Waals surface area contributed by atoms with E-state index in [1.165, 1.54) is 0 Å². The first-order chi connectivity index (χ1) is 10.2. The van der Waals surface area contributed by atoms with Crippen LogP contribution in [0.25, 0.3) is 11.0 Å². The molecule has 0 aliphatic heterocycles. The van der Waals surface area contributed by atoms with Gasteiger partial charge in [-0.05, 0) is 6.42 Å². The van der Waals surface area contributed by atoms with Gasteiger partial charge in [-0.1, -0.05) is 11.6 Å². The van der Waals surface area contributed by atoms with Crippen molar-refractivity contribution in [3.63, 3.8) is 0 Å². The molecule has 2 heterocycles. The number of hydrogen-bond acceptors (Lipinski definition) is 6. The van der Waals surface area contributed by atoms with Crippen LogP contribution in [0.1, 0.15) is 12.2 Å². The fraction of sp³-hybridized carbons (Fsp3) is 0.615. The fourth-order valence-corrected chi connectivity index (χ4v) is 2.00.